The van der Waals surface area contributed by atoms with Gasteiger partial charge in [0.05, 0.1) is 6.61 Å². The van der Waals surface area contributed by atoms with E-state index in [1.54, 1.807) is 6.07 Å². The Morgan fingerprint density at radius 3 is 2.32 bits per heavy atom. The minimum atomic E-state index is -0.180. The lowest BCUT2D eigenvalue weighted by Crippen LogP contribution is -2.32. The van der Waals surface area contributed by atoms with Crippen molar-refractivity contribution in [1.29, 1.82) is 0 Å². The lowest BCUT2D eigenvalue weighted by atomic mass is 9.90. The summed E-state index contributed by atoms with van der Waals surface area (Å²) in [6.45, 7) is 2.83. The van der Waals surface area contributed by atoms with E-state index < -0.39 is 0 Å². The maximum Gasteiger partial charge on any atom is 0.257 e. The maximum absolute atomic E-state index is 12.7. The van der Waals surface area contributed by atoms with E-state index in [9.17, 15) is 4.79 Å². The van der Waals surface area contributed by atoms with Crippen molar-refractivity contribution >= 4 is 22.5 Å². The van der Waals surface area contributed by atoms with Crippen molar-refractivity contribution in [1.82, 2.24) is 10.3 Å². The minimum Gasteiger partial charge on any atom is -0.490 e. The molecule has 0 fully saturated rings. The Morgan fingerprint density at radius 1 is 0.941 bits per heavy atom. The number of nitrogens with one attached hydrogen (secondary N) is 2. The lowest BCUT2D eigenvalue weighted by Gasteiger charge is -2.20. The molecule has 1 amide bonds. The van der Waals surface area contributed by atoms with Crippen LogP contribution in [-0.4, -0.2) is 44.7 Å². The molecule has 4 aromatic rings. The van der Waals surface area contributed by atoms with Crippen LogP contribution in [0.15, 0.2) is 79.0 Å². The van der Waals surface area contributed by atoms with E-state index in [0.717, 1.165) is 27.7 Å². The van der Waals surface area contributed by atoms with Gasteiger partial charge in [-0.15, -0.1) is 0 Å². The zero-order chi connectivity index (χ0) is 23.9. The molecule has 2 N–H and O–H groups in total. The number of amides is 1. The molecule has 6 heteroatoms. The Hall–Kier alpha value is -3.93. The molecule has 0 aliphatic carbocycles. The third-order valence-electron chi connectivity index (χ3n) is 5.82. The third-order valence-corrected chi connectivity index (χ3v) is 5.82. The molecule has 0 aliphatic heterocycles. The van der Waals surface area contributed by atoms with Crippen molar-refractivity contribution in [3.8, 4) is 11.5 Å². The normalized spacial score (nSPS) is 11.7. The number of carbonyl (C=O) groups excluding carboxylic acids is 1. The van der Waals surface area contributed by atoms with E-state index in [1.807, 2.05) is 57.5 Å². The zero-order valence-corrected chi connectivity index (χ0v) is 19.9. The van der Waals surface area contributed by atoms with E-state index in [2.05, 4.69) is 51.6 Å². The average molecular weight is 458 g/mol. The highest BCUT2D eigenvalue weighted by Gasteiger charge is 2.19. The number of rotatable bonds is 10. The van der Waals surface area contributed by atoms with Gasteiger partial charge in [-0.3, -0.25) is 4.79 Å². The number of carbonyl (C=O) groups is 1. The first-order chi connectivity index (χ1) is 16.6. The predicted octanol–water partition coefficient (Wildman–Crippen LogP) is 4.96. The van der Waals surface area contributed by atoms with Crippen molar-refractivity contribution < 1.29 is 14.3 Å². The smallest absolute Gasteiger partial charge is 0.257 e. The SMILES string of the molecule is CCOc1ccccc1OCC(=O)NCC(c1ccc(N(C)C)cc1)c1c[nH]c2ccccc12. The number of benzene rings is 3. The highest BCUT2D eigenvalue weighted by molar-refractivity contribution is 5.84. The number of ether oxygens (including phenoxy) is 2. The van der Waals surface area contributed by atoms with E-state index in [0.29, 0.717) is 24.7 Å². The number of aromatic amines is 1. The molecule has 34 heavy (non-hydrogen) atoms. The van der Waals surface area contributed by atoms with Crippen LogP contribution in [0.3, 0.4) is 0 Å². The number of hydrogen-bond donors (Lipinski definition) is 2. The van der Waals surface area contributed by atoms with Gasteiger partial charge in [0.1, 0.15) is 0 Å². The molecule has 0 aliphatic rings. The van der Waals surface area contributed by atoms with Gasteiger partial charge in [0.15, 0.2) is 18.1 Å². The van der Waals surface area contributed by atoms with Gasteiger partial charge in [0.2, 0.25) is 0 Å². The van der Waals surface area contributed by atoms with Crippen molar-refractivity contribution in [2.75, 3.05) is 38.8 Å². The molecule has 3 aromatic carbocycles. The summed E-state index contributed by atoms with van der Waals surface area (Å²) in [5.41, 5.74) is 4.50. The molecule has 1 heterocycles. The first-order valence-corrected chi connectivity index (χ1v) is 11.5. The van der Waals surface area contributed by atoms with E-state index >= 15 is 0 Å². The molecule has 1 atom stereocenters. The summed E-state index contributed by atoms with van der Waals surface area (Å²) in [5.74, 6) is 1.01. The fourth-order valence-corrected chi connectivity index (χ4v) is 4.05. The molecular weight excluding hydrogens is 426 g/mol. The van der Waals surface area contributed by atoms with Gasteiger partial charge in [-0.1, -0.05) is 42.5 Å². The van der Waals surface area contributed by atoms with Crippen molar-refractivity contribution in [2.45, 2.75) is 12.8 Å². The van der Waals surface area contributed by atoms with Crippen LogP contribution >= 0.6 is 0 Å². The van der Waals surface area contributed by atoms with E-state index in [-0.39, 0.29) is 18.4 Å². The van der Waals surface area contributed by atoms with E-state index in [4.69, 9.17) is 9.47 Å². The first kappa shape index (κ1) is 23.2. The largest absolute Gasteiger partial charge is 0.490 e. The number of anilines is 1. The summed E-state index contributed by atoms with van der Waals surface area (Å²) in [7, 11) is 4.05. The topological polar surface area (TPSA) is 66.6 Å². The lowest BCUT2D eigenvalue weighted by molar-refractivity contribution is -0.123. The molecule has 4 rings (SSSR count). The highest BCUT2D eigenvalue weighted by Crippen LogP contribution is 2.31. The molecule has 176 valence electrons. The summed E-state index contributed by atoms with van der Waals surface area (Å²) in [5, 5.41) is 4.22. The van der Waals surface area contributed by atoms with Crippen molar-refractivity contribution in [3.05, 3.63) is 90.1 Å². The Bertz CT molecular complexity index is 1230. The van der Waals surface area contributed by atoms with Crippen molar-refractivity contribution in [3.63, 3.8) is 0 Å². The highest BCUT2D eigenvalue weighted by atomic mass is 16.5. The Balaban J connectivity index is 1.50. The van der Waals surface area contributed by atoms with Gasteiger partial charge in [-0.2, -0.15) is 0 Å². The summed E-state index contributed by atoms with van der Waals surface area (Å²) in [4.78, 5) is 18.1. The quantitative estimate of drug-likeness (QED) is 0.353. The van der Waals surface area contributed by atoms with Crippen LogP contribution < -0.4 is 19.7 Å². The molecule has 6 nitrogen and oxygen atoms in total. The van der Waals surface area contributed by atoms with Crippen LogP contribution in [0, 0.1) is 0 Å². The second-order valence-corrected chi connectivity index (χ2v) is 8.30. The monoisotopic (exact) mass is 457 g/mol. The molecular formula is C28H31N3O3. The van der Waals surface area contributed by atoms with Gasteiger partial charge in [-0.05, 0) is 48.4 Å². The molecule has 0 radical (unpaired) electrons. The number of H-pyrrole nitrogens is 1. The van der Waals surface area contributed by atoms with Crippen LogP contribution in [0.4, 0.5) is 5.69 Å². The number of hydrogen-bond acceptors (Lipinski definition) is 4. The Labute approximate surface area is 200 Å². The third kappa shape index (κ3) is 5.34. The number of aromatic nitrogens is 1. The Morgan fingerprint density at radius 2 is 1.62 bits per heavy atom. The van der Waals surface area contributed by atoms with Gasteiger partial charge in [0, 0.05) is 49.3 Å². The first-order valence-electron chi connectivity index (χ1n) is 11.5. The molecule has 0 spiro atoms. The minimum absolute atomic E-state index is 0.00739. The average Bonchev–Trinajstić information content (AvgIpc) is 3.28. The fraction of sp³-hybridized carbons (Fsp3) is 0.250. The summed E-state index contributed by atoms with van der Waals surface area (Å²) >= 11 is 0. The number of fused-ring (bicyclic) bond motifs is 1. The van der Waals surface area contributed by atoms with Gasteiger partial charge < -0.3 is 24.7 Å². The molecule has 1 unspecified atom stereocenters. The fourth-order valence-electron chi connectivity index (χ4n) is 4.05. The molecule has 0 saturated carbocycles. The standard InChI is InChI=1S/C28H31N3O3/c1-4-33-26-11-7-8-12-27(26)34-19-28(32)30-17-23(20-13-15-21(16-14-20)31(2)3)24-18-29-25-10-6-5-9-22(24)25/h5-16,18,23,29H,4,17,19H2,1-3H3,(H,30,32). The van der Waals surface area contributed by atoms with Gasteiger partial charge in [-0.25, -0.2) is 0 Å². The molecule has 1 aromatic heterocycles. The molecule has 0 saturated heterocycles. The summed E-state index contributed by atoms with van der Waals surface area (Å²) in [6, 6.07) is 24.1. The van der Waals surface area contributed by atoms with Gasteiger partial charge in [0.25, 0.3) is 5.91 Å². The van der Waals surface area contributed by atoms with Crippen LogP contribution in [0.1, 0.15) is 24.0 Å². The predicted molar refractivity (Wildman–Crippen MR) is 137 cm³/mol. The van der Waals surface area contributed by atoms with E-state index in [1.165, 1.54) is 0 Å². The van der Waals surface area contributed by atoms with Crippen LogP contribution in [0.5, 0.6) is 11.5 Å². The Kier molecular flexibility index (Phi) is 7.38. The van der Waals surface area contributed by atoms with Crippen molar-refractivity contribution in [2.24, 2.45) is 0 Å². The van der Waals surface area contributed by atoms with Gasteiger partial charge >= 0.3 is 0 Å². The van der Waals surface area contributed by atoms with Crippen LogP contribution in [0.25, 0.3) is 10.9 Å². The van der Waals surface area contributed by atoms with Crippen LogP contribution in [-0.2, 0) is 4.79 Å². The molecule has 0 bridgehead atoms. The summed E-state index contributed by atoms with van der Waals surface area (Å²) in [6.07, 6.45) is 2.04. The van der Waals surface area contributed by atoms with Crippen LogP contribution in [0.2, 0.25) is 0 Å². The number of para-hydroxylation sites is 3. The summed E-state index contributed by atoms with van der Waals surface area (Å²) < 4.78 is 11.3. The maximum atomic E-state index is 12.7. The zero-order valence-electron chi connectivity index (χ0n) is 19.9. The number of nitrogens with zero attached hydrogens (tertiary/aromatic N) is 1. The second kappa shape index (κ2) is 10.8. The second-order valence-electron chi connectivity index (χ2n) is 8.30.